The summed E-state index contributed by atoms with van der Waals surface area (Å²) in [5.74, 6) is 0.747. The molecule has 0 saturated heterocycles. The fraction of sp³-hybridized carbons (Fsp3) is 0.833. The first-order chi connectivity index (χ1) is 9.37. The van der Waals surface area contributed by atoms with Crippen LogP contribution >= 0.6 is 34.2 Å². The van der Waals surface area contributed by atoms with Crippen LogP contribution in [0.1, 0.15) is 33.6 Å². The van der Waals surface area contributed by atoms with E-state index in [0.29, 0.717) is 6.61 Å². The summed E-state index contributed by atoms with van der Waals surface area (Å²) < 4.78 is 9.77. The van der Waals surface area contributed by atoms with Crippen LogP contribution in [0.25, 0.3) is 0 Å². The summed E-state index contributed by atoms with van der Waals surface area (Å²) in [7, 11) is 3.53. The predicted octanol–water partition coefficient (Wildman–Crippen LogP) is 3.74. The Morgan fingerprint density at radius 3 is 2.55 bits per heavy atom. The maximum absolute atomic E-state index is 11.2. The first-order valence-electron chi connectivity index (χ1n) is 6.44. The molecular weight excluding hydrogens is 318 g/mol. The molecule has 0 atom stereocenters. The van der Waals surface area contributed by atoms with Crippen molar-refractivity contribution in [1.82, 2.24) is 5.32 Å². The number of carbonyl (C=O) groups excluding carboxylic acids is 2. The average molecular weight is 342 g/mol. The number of hydrogen-bond donors (Lipinski definition) is 2. The summed E-state index contributed by atoms with van der Waals surface area (Å²) in [4.78, 5) is 21.6. The van der Waals surface area contributed by atoms with Crippen molar-refractivity contribution < 1.29 is 19.1 Å². The molecule has 0 rings (SSSR count). The van der Waals surface area contributed by atoms with Gasteiger partial charge in [0.1, 0.15) is 13.2 Å². The SMILES string of the molecule is CCCC(C)(C)SSCCOC(=O)NCCOC(=O)S. The fourth-order valence-electron chi connectivity index (χ4n) is 1.36. The van der Waals surface area contributed by atoms with Crippen molar-refractivity contribution in [2.24, 2.45) is 0 Å². The van der Waals surface area contributed by atoms with Gasteiger partial charge in [0.25, 0.3) is 0 Å². The summed E-state index contributed by atoms with van der Waals surface area (Å²) in [6.45, 7) is 7.27. The summed E-state index contributed by atoms with van der Waals surface area (Å²) in [5, 5.41) is 1.81. The molecule has 1 N–H and O–H groups in total. The summed E-state index contributed by atoms with van der Waals surface area (Å²) in [6, 6.07) is 0. The third-order valence-electron chi connectivity index (χ3n) is 2.13. The van der Waals surface area contributed by atoms with Crippen molar-refractivity contribution in [3.63, 3.8) is 0 Å². The molecule has 0 bridgehead atoms. The molecular formula is C12H23NO4S3. The Kier molecular flexibility index (Phi) is 11.3. The summed E-state index contributed by atoms with van der Waals surface area (Å²) in [5.41, 5.74) is 0. The molecule has 0 aromatic heterocycles. The van der Waals surface area contributed by atoms with Gasteiger partial charge in [-0.15, -0.1) is 0 Å². The highest BCUT2D eigenvalue weighted by molar-refractivity contribution is 8.77. The highest BCUT2D eigenvalue weighted by Crippen LogP contribution is 2.38. The second kappa shape index (κ2) is 11.4. The predicted molar refractivity (Wildman–Crippen MR) is 88.7 cm³/mol. The molecule has 0 heterocycles. The Bertz CT molecular complexity index is 300. The van der Waals surface area contributed by atoms with Gasteiger partial charge in [0.2, 0.25) is 0 Å². The van der Waals surface area contributed by atoms with Crippen molar-refractivity contribution in [1.29, 1.82) is 0 Å². The Hall–Kier alpha value is -0.210. The second-order valence-electron chi connectivity index (χ2n) is 4.59. The molecule has 20 heavy (non-hydrogen) atoms. The van der Waals surface area contributed by atoms with E-state index in [1.54, 1.807) is 10.8 Å². The minimum absolute atomic E-state index is 0.0905. The molecule has 0 aliphatic rings. The molecule has 8 heteroatoms. The Labute approximate surface area is 134 Å². The highest BCUT2D eigenvalue weighted by atomic mass is 33.1. The number of amides is 1. The van der Waals surface area contributed by atoms with Gasteiger partial charge in [-0.05, 0) is 20.3 Å². The lowest BCUT2D eigenvalue weighted by molar-refractivity contribution is 0.145. The smallest absolute Gasteiger partial charge is 0.407 e. The van der Waals surface area contributed by atoms with Gasteiger partial charge in [-0.25, -0.2) is 9.59 Å². The van der Waals surface area contributed by atoms with Crippen molar-refractivity contribution in [3.8, 4) is 0 Å². The van der Waals surface area contributed by atoms with Crippen molar-refractivity contribution in [2.75, 3.05) is 25.5 Å². The van der Waals surface area contributed by atoms with E-state index in [1.165, 1.54) is 0 Å². The molecule has 118 valence electrons. The number of carbonyl (C=O) groups is 2. The Balaban J connectivity index is 3.46. The number of thiol groups is 1. The van der Waals surface area contributed by atoms with Crippen LogP contribution in [0.4, 0.5) is 9.59 Å². The lowest BCUT2D eigenvalue weighted by atomic mass is 10.1. The number of nitrogens with one attached hydrogen (secondary N) is 1. The molecule has 5 nitrogen and oxygen atoms in total. The van der Waals surface area contributed by atoms with Crippen LogP contribution in [0.5, 0.6) is 0 Å². The zero-order valence-corrected chi connectivity index (χ0v) is 14.7. The second-order valence-corrected chi connectivity index (χ2v) is 8.08. The fourth-order valence-corrected chi connectivity index (χ4v) is 3.95. The molecule has 0 aliphatic heterocycles. The van der Waals surface area contributed by atoms with Crippen LogP contribution < -0.4 is 5.32 Å². The van der Waals surface area contributed by atoms with Gasteiger partial charge in [0.05, 0.1) is 6.54 Å². The highest BCUT2D eigenvalue weighted by Gasteiger charge is 2.17. The van der Waals surface area contributed by atoms with E-state index in [1.807, 2.05) is 10.8 Å². The third kappa shape index (κ3) is 12.8. The van der Waals surface area contributed by atoms with Gasteiger partial charge in [-0.3, -0.25) is 0 Å². The van der Waals surface area contributed by atoms with Crippen LogP contribution in [-0.2, 0) is 9.47 Å². The van der Waals surface area contributed by atoms with Gasteiger partial charge < -0.3 is 14.8 Å². The van der Waals surface area contributed by atoms with E-state index < -0.39 is 11.4 Å². The maximum atomic E-state index is 11.2. The van der Waals surface area contributed by atoms with E-state index in [0.717, 1.165) is 18.6 Å². The van der Waals surface area contributed by atoms with E-state index in [4.69, 9.17) is 4.74 Å². The molecule has 0 aromatic rings. The van der Waals surface area contributed by atoms with Gasteiger partial charge >= 0.3 is 11.4 Å². The minimum atomic E-state index is -0.664. The van der Waals surface area contributed by atoms with Crippen LogP contribution in [0.3, 0.4) is 0 Å². The number of alkyl carbamates (subject to hydrolysis) is 1. The van der Waals surface area contributed by atoms with E-state index in [2.05, 4.69) is 43.5 Å². The quantitative estimate of drug-likeness (QED) is 0.273. The number of hydrogen-bond acceptors (Lipinski definition) is 6. The minimum Gasteiger partial charge on any atom is -0.456 e. The van der Waals surface area contributed by atoms with Gasteiger partial charge in [0.15, 0.2) is 0 Å². The first-order valence-corrected chi connectivity index (χ1v) is 9.21. The molecule has 0 spiro atoms. The molecule has 0 radical (unpaired) electrons. The van der Waals surface area contributed by atoms with Crippen LogP contribution in [-0.4, -0.2) is 41.7 Å². The van der Waals surface area contributed by atoms with Crippen LogP contribution in [0.15, 0.2) is 0 Å². The summed E-state index contributed by atoms with van der Waals surface area (Å²) in [6.07, 6.45) is 1.82. The van der Waals surface area contributed by atoms with E-state index in [-0.39, 0.29) is 17.9 Å². The molecule has 1 amide bonds. The van der Waals surface area contributed by atoms with Crippen molar-refractivity contribution in [2.45, 2.75) is 38.4 Å². The standard InChI is InChI=1S/C12H23NO4S3/c1-4-5-12(2,3)20-19-9-8-16-10(14)13-6-7-17-11(15)18/h4-9H2,1-3H3,(H,13,14)(H,15,18). The third-order valence-corrected chi connectivity index (χ3v) is 5.58. The van der Waals surface area contributed by atoms with Crippen LogP contribution in [0.2, 0.25) is 0 Å². The zero-order valence-electron chi connectivity index (χ0n) is 12.1. The largest absolute Gasteiger partial charge is 0.456 e. The monoisotopic (exact) mass is 341 g/mol. The normalized spacial score (nSPS) is 11.0. The first kappa shape index (κ1) is 19.8. The van der Waals surface area contributed by atoms with Gasteiger partial charge in [0, 0.05) is 10.5 Å². The van der Waals surface area contributed by atoms with Crippen molar-refractivity contribution in [3.05, 3.63) is 0 Å². The van der Waals surface area contributed by atoms with E-state index >= 15 is 0 Å². The molecule has 0 unspecified atom stereocenters. The lowest BCUT2D eigenvalue weighted by Gasteiger charge is -2.22. The Morgan fingerprint density at radius 2 is 1.95 bits per heavy atom. The number of rotatable bonds is 10. The van der Waals surface area contributed by atoms with Gasteiger partial charge in [-0.2, -0.15) is 0 Å². The summed E-state index contributed by atoms with van der Waals surface area (Å²) >= 11 is 3.43. The van der Waals surface area contributed by atoms with Crippen molar-refractivity contribution >= 4 is 45.6 Å². The molecule has 0 aromatic carbocycles. The molecule has 0 saturated carbocycles. The van der Waals surface area contributed by atoms with Crippen LogP contribution in [0, 0.1) is 0 Å². The average Bonchev–Trinajstić information content (AvgIpc) is 2.33. The molecule has 0 fully saturated rings. The zero-order chi connectivity index (χ0) is 15.4. The Morgan fingerprint density at radius 1 is 1.25 bits per heavy atom. The van der Waals surface area contributed by atoms with Gasteiger partial charge in [-0.1, -0.05) is 47.6 Å². The topological polar surface area (TPSA) is 64.6 Å². The molecule has 0 aliphatic carbocycles. The maximum Gasteiger partial charge on any atom is 0.407 e. The van der Waals surface area contributed by atoms with E-state index in [9.17, 15) is 9.59 Å². The number of ether oxygens (including phenoxy) is 2. The lowest BCUT2D eigenvalue weighted by Crippen LogP contribution is -2.28.